The molecule has 0 aromatic heterocycles. The van der Waals surface area contributed by atoms with Gasteiger partial charge in [-0.1, -0.05) is 13.0 Å². The first-order valence-corrected chi connectivity index (χ1v) is 6.41. The Kier molecular flexibility index (Phi) is 6.22. The molecule has 17 heavy (non-hydrogen) atoms. The normalized spacial score (nSPS) is 20.1. The molecule has 4 nitrogen and oxygen atoms in total. The van der Waals surface area contributed by atoms with Crippen molar-refractivity contribution in [3.63, 3.8) is 0 Å². The van der Waals surface area contributed by atoms with E-state index in [9.17, 15) is 4.79 Å². The summed E-state index contributed by atoms with van der Waals surface area (Å²) in [4.78, 5) is 14.1. The molecular formula is C13H24N2O2. The lowest BCUT2D eigenvalue weighted by molar-refractivity contribution is -0.118. The van der Waals surface area contributed by atoms with Crippen LogP contribution < -0.4 is 5.32 Å². The van der Waals surface area contributed by atoms with E-state index in [1.165, 1.54) is 0 Å². The van der Waals surface area contributed by atoms with E-state index in [1.54, 1.807) is 0 Å². The average molecular weight is 240 g/mol. The molecule has 0 aromatic carbocycles. The van der Waals surface area contributed by atoms with E-state index < -0.39 is 0 Å². The van der Waals surface area contributed by atoms with Crippen molar-refractivity contribution in [1.29, 1.82) is 0 Å². The summed E-state index contributed by atoms with van der Waals surface area (Å²) in [6.45, 7) is 10.4. The fourth-order valence-corrected chi connectivity index (χ4v) is 1.95. The van der Waals surface area contributed by atoms with Crippen LogP contribution in [0.4, 0.5) is 0 Å². The molecule has 1 atom stereocenters. The van der Waals surface area contributed by atoms with Crippen LogP contribution in [0.25, 0.3) is 0 Å². The Morgan fingerprint density at radius 1 is 1.47 bits per heavy atom. The minimum atomic E-state index is 0.0487. The third kappa shape index (κ3) is 5.33. The zero-order valence-electron chi connectivity index (χ0n) is 11.2. The van der Waals surface area contributed by atoms with E-state index >= 15 is 0 Å². The van der Waals surface area contributed by atoms with Gasteiger partial charge in [-0.05, 0) is 20.3 Å². The Bertz CT molecular complexity index is 271. The van der Waals surface area contributed by atoms with Gasteiger partial charge in [0.05, 0.1) is 13.2 Å². The van der Waals surface area contributed by atoms with Gasteiger partial charge >= 0.3 is 0 Å². The Balaban J connectivity index is 2.30. The van der Waals surface area contributed by atoms with E-state index in [0.717, 1.165) is 44.8 Å². The van der Waals surface area contributed by atoms with Crippen LogP contribution in [0.5, 0.6) is 0 Å². The highest BCUT2D eigenvalue weighted by Crippen LogP contribution is 2.00. The first-order chi connectivity index (χ1) is 8.13. The van der Waals surface area contributed by atoms with Gasteiger partial charge in [0.2, 0.25) is 5.91 Å². The number of morpholine rings is 1. The van der Waals surface area contributed by atoms with Crippen LogP contribution >= 0.6 is 0 Å². The van der Waals surface area contributed by atoms with Crippen molar-refractivity contribution in [3.05, 3.63) is 11.6 Å². The molecular weight excluding hydrogens is 216 g/mol. The summed E-state index contributed by atoms with van der Waals surface area (Å²) in [6, 6.07) is 0.181. The smallest absolute Gasteiger partial charge is 0.246 e. The van der Waals surface area contributed by atoms with Crippen LogP contribution in [0.3, 0.4) is 0 Å². The maximum absolute atomic E-state index is 11.8. The van der Waals surface area contributed by atoms with Gasteiger partial charge in [-0.3, -0.25) is 9.69 Å². The summed E-state index contributed by atoms with van der Waals surface area (Å²) in [5.74, 6) is 0.0487. The molecule has 0 aliphatic carbocycles. The van der Waals surface area contributed by atoms with Crippen LogP contribution in [-0.2, 0) is 9.53 Å². The summed E-state index contributed by atoms with van der Waals surface area (Å²) >= 11 is 0. The lowest BCUT2D eigenvalue weighted by Gasteiger charge is -2.29. The largest absolute Gasteiger partial charge is 0.379 e. The van der Waals surface area contributed by atoms with Crippen LogP contribution in [0, 0.1) is 0 Å². The number of nitrogens with zero attached hydrogens (tertiary/aromatic N) is 1. The van der Waals surface area contributed by atoms with Crippen molar-refractivity contribution in [2.24, 2.45) is 0 Å². The van der Waals surface area contributed by atoms with E-state index in [2.05, 4.69) is 10.2 Å². The van der Waals surface area contributed by atoms with Gasteiger partial charge in [-0.25, -0.2) is 0 Å². The SMILES string of the molecule is CC/C=C(/C)C(=O)N[C@@H](C)CN1CCOCC1. The number of allylic oxidation sites excluding steroid dienone is 1. The molecule has 0 bridgehead atoms. The molecule has 1 N–H and O–H groups in total. The van der Waals surface area contributed by atoms with Gasteiger partial charge in [-0.2, -0.15) is 0 Å². The van der Waals surface area contributed by atoms with Crippen molar-refractivity contribution < 1.29 is 9.53 Å². The van der Waals surface area contributed by atoms with E-state index in [-0.39, 0.29) is 11.9 Å². The van der Waals surface area contributed by atoms with Gasteiger partial charge in [0.25, 0.3) is 0 Å². The van der Waals surface area contributed by atoms with Gasteiger partial charge in [0.1, 0.15) is 0 Å². The number of nitrogens with one attached hydrogen (secondary N) is 1. The molecule has 0 aromatic rings. The Hall–Kier alpha value is -0.870. The number of hydrogen-bond donors (Lipinski definition) is 1. The monoisotopic (exact) mass is 240 g/mol. The number of amides is 1. The number of carbonyl (C=O) groups is 1. The maximum Gasteiger partial charge on any atom is 0.246 e. The topological polar surface area (TPSA) is 41.6 Å². The third-order valence-corrected chi connectivity index (χ3v) is 2.88. The predicted molar refractivity (Wildman–Crippen MR) is 68.9 cm³/mol. The van der Waals surface area contributed by atoms with Crippen LogP contribution in [0.15, 0.2) is 11.6 Å². The molecule has 1 aliphatic heterocycles. The summed E-state index contributed by atoms with van der Waals surface area (Å²) in [7, 11) is 0. The molecule has 1 fully saturated rings. The second-order valence-corrected chi connectivity index (χ2v) is 4.58. The summed E-state index contributed by atoms with van der Waals surface area (Å²) < 4.78 is 5.29. The molecule has 0 spiro atoms. The Morgan fingerprint density at radius 3 is 2.71 bits per heavy atom. The lowest BCUT2D eigenvalue weighted by atomic mass is 10.2. The van der Waals surface area contributed by atoms with Gasteiger partial charge < -0.3 is 10.1 Å². The summed E-state index contributed by atoms with van der Waals surface area (Å²) in [6.07, 6.45) is 2.86. The molecule has 1 aliphatic rings. The number of ether oxygens (including phenoxy) is 1. The molecule has 0 saturated carbocycles. The summed E-state index contributed by atoms with van der Waals surface area (Å²) in [5, 5.41) is 3.02. The first-order valence-electron chi connectivity index (χ1n) is 6.41. The Labute approximate surface area is 104 Å². The summed E-state index contributed by atoms with van der Waals surface area (Å²) in [5.41, 5.74) is 0.807. The Morgan fingerprint density at radius 2 is 2.12 bits per heavy atom. The number of carbonyl (C=O) groups excluding carboxylic acids is 1. The van der Waals surface area contributed by atoms with Crippen LogP contribution in [0.1, 0.15) is 27.2 Å². The standard InChI is InChI=1S/C13H24N2O2/c1-4-5-11(2)13(16)14-12(3)10-15-6-8-17-9-7-15/h5,12H,4,6-10H2,1-3H3,(H,14,16)/b11-5-/t12-/m0/s1. The predicted octanol–water partition coefficient (Wildman–Crippen LogP) is 1.18. The second-order valence-electron chi connectivity index (χ2n) is 4.58. The van der Waals surface area contributed by atoms with Gasteiger partial charge in [0.15, 0.2) is 0 Å². The molecule has 1 heterocycles. The molecule has 0 unspecified atom stereocenters. The molecule has 4 heteroatoms. The molecule has 1 amide bonds. The molecule has 1 rings (SSSR count). The highest BCUT2D eigenvalue weighted by molar-refractivity contribution is 5.92. The van der Waals surface area contributed by atoms with Gasteiger partial charge in [0, 0.05) is 31.2 Å². The maximum atomic E-state index is 11.8. The second kappa shape index (κ2) is 7.45. The zero-order valence-corrected chi connectivity index (χ0v) is 11.2. The van der Waals surface area contributed by atoms with Crippen molar-refractivity contribution in [1.82, 2.24) is 10.2 Å². The van der Waals surface area contributed by atoms with Crippen LogP contribution in [-0.4, -0.2) is 49.7 Å². The quantitative estimate of drug-likeness (QED) is 0.734. The van der Waals surface area contributed by atoms with Crippen molar-refractivity contribution in [2.75, 3.05) is 32.8 Å². The average Bonchev–Trinajstić information content (AvgIpc) is 2.30. The third-order valence-electron chi connectivity index (χ3n) is 2.88. The highest BCUT2D eigenvalue weighted by Gasteiger charge is 2.15. The van der Waals surface area contributed by atoms with E-state index in [4.69, 9.17) is 4.74 Å². The van der Waals surface area contributed by atoms with Crippen molar-refractivity contribution in [2.45, 2.75) is 33.2 Å². The lowest BCUT2D eigenvalue weighted by Crippen LogP contribution is -2.46. The molecule has 1 saturated heterocycles. The van der Waals surface area contributed by atoms with Crippen molar-refractivity contribution >= 4 is 5.91 Å². The fourth-order valence-electron chi connectivity index (χ4n) is 1.95. The minimum absolute atomic E-state index is 0.0487. The number of hydrogen-bond acceptors (Lipinski definition) is 3. The van der Waals surface area contributed by atoms with E-state index in [1.807, 2.05) is 26.8 Å². The highest BCUT2D eigenvalue weighted by atomic mass is 16.5. The van der Waals surface area contributed by atoms with Gasteiger partial charge in [-0.15, -0.1) is 0 Å². The first kappa shape index (κ1) is 14.2. The number of rotatable bonds is 5. The minimum Gasteiger partial charge on any atom is -0.379 e. The van der Waals surface area contributed by atoms with Crippen LogP contribution in [0.2, 0.25) is 0 Å². The fraction of sp³-hybridized carbons (Fsp3) is 0.769. The molecule has 0 radical (unpaired) electrons. The zero-order chi connectivity index (χ0) is 12.7. The van der Waals surface area contributed by atoms with Crippen molar-refractivity contribution in [3.8, 4) is 0 Å². The molecule has 98 valence electrons. The van der Waals surface area contributed by atoms with E-state index in [0.29, 0.717) is 0 Å².